The normalized spacial score (nSPS) is 19.2. The Labute approximate surface area is 110 Å². The van der Waals surface area contributed by atoms with Gasteiger partial charge in [-0.15, -0.1) is 0 Å². The lowest BCUT2D eigenvalue weighted by Crippen LogP contribution is -2.44. The number of methoxy groups -OCH3 is 1. The molecule has 1 amide bonds. The van der Waals surface area contributed by atoms with Gasteiger partial charge in [-0.3, -0.25) is 4.79 Å². The number of carbonyl (C=O) groups excluding carboxylic acids is 1. The van der Waals surface area contributed by atoms with E-state index in [-0.39, 0.29) is 5.91 Å². The zero-order valence-electron chi connectivity index (χ0n) is 11.5. The van der Waals surface area contributed by atoms with Gasteiger partial charge in [-0.05, 0) is 32.4 Å². The van der Waals surface area contributed by atoms with Crippen LogP contribution in [0.1, 0.15) is 32.1 Å². The van der Waals surface area contributed by atoms with E-state index >= 15 is 0 Å². The first-order valence-corrected chi connectivity index (χ1v) is 6.98. The molecule has 0 radical (unpaired) electrons. The van der Waals surface area contributed by atoms with Crippen LogP contribution in [0.5, 0.6) is 0 Å². The molecule has 0 aromatic heterocycles. The lowest BCUT2D eigenvalue weighted by atomic mass is 10.2. The maximum absolute atomic E-state index is 11.6. The van der Waals surface area contributed by atoms with Crippen LogP contribution in [0.15, 0.2) is 0 Å². The molecule has 3 N–H and O–H groups in total. The van der Waals surface area contributed by atoms with E-state index in [1.165, 1.54) is 25.7 Å². The van der Waals surface area contributed by atoms with Crippen LogP contribution >= 0.6 is 0 Å². The van der Waals surface area contributed by atoms with Gasteiger partial charge in [0, 0.05) is 26.8 Å². The molecular weight excluding hydrogens is 230 g/mol. The maximum Gasteiger partial charge on any atom is 0.237 e. The summed E-state index contributed by atoms with van der Waals surface area (Å²) < 4.78 is 4.91. The Bertz CT molecular complexity index is 228. The smallest absolute Gasteiger partial charge is 0.237 e. The largest absolute Gasteiger partial charge is 0.385 e. The molecule has 1 rings (SSSR count). The van der Waals surface area contributed by atoms with E-state index in [4.69, 9.17) is 10.5 Å². The quantitative estimate of drug-likeness (QED) is 0.690. The van der Waals surface area contributed by atoms with E-state index in [9.17, 15) is 4.79 Å². The SMILES string of the molecule is COCCC(N)C(=O)NCCN1CCCCCC1. The van der Waals surface area contributed by atoms with Gasteiger partial charge in [0.05, 0.1) is 6.04 Å². The van der Waals surface area contributed by atoms with Crippen molar-refractivity contribution in [2.24, 2.45) is 5.73 Å². The molecule has 1 heterocycles. The molecule has 1 aliphatic heterocycles. The van der Waals surface area contributed by atoms with Gasteiger partial charge in [-0.2, -0.15) is 0 Å². The van der Waals surface area contributed by atoms with Gasteiger partial charge in [-0.25, -0.2) is 0 Å². The molecule has 0 saturated carbocycles. The number of nitrogens with one attached hydrogen (secondary N) is 1. The highest BCUT2D eigenvalue weighted by molar-refractivity contribution is 5.81. The Morgan fingerprint density at radius 3 is 2.61 bits per heavy atom. The highest BCUT2D eigenvalue weighted by atomic mass is 16.5. The van der Waals surface area contributed by atoms with Gasteiger partial charge in [-0.1, -0.05) is 12.8 Å². The fraction of sp³-hybridized carbons (Fsp3) is 0.923. The summed E-state index contributed by atoms with van der Waals surface area (Å²) in [5.41, 5.74) is 5.74. The van der Waals surface area contributed by atoms with Crippen LogP contribution in [0.2, 0.25) is 0 Å². The zero-order chi connectivity index (χ0) is 13.2. The topological polar surface area (TPSA) is 67.6 Å². The van der Waals surface area contributed by atoms with Gasteiger partial charge >= 0.3 is 0 Å². The van der Waals surface area contributed by atoms with E-state index in [2.05, 4.69) is 10.2 Å². The Balaban J connectivity index is 2.10. The molecule has 1 unspecified atom stereocenters. The van der Waals surface area contributed by atoms with Gasteiger partial charge in [0.2, 0.25) is 5.91 Å². The van der Waals surface area contributed by atoms with Gasteiger partial charge in [0.1, 0.15) is 0 Å². The van der Waals surface area contributed by atoms with Gasteiger partial charge in [0.15, 0.2) is 0 Å². The van der Waals surface area contributed by atoms with Crippen molar-refractivity contribution in [1.29, 1.82) is 0 Å². The minimum Gasteiger partial charge on any atom is -0.385 e. The number of amides is 1. The minimum absolute atomic E-state index is 0.0677. The van der Waals surface area contributed by atoms with Crippen molar-refractivity contribution >= 4 is 5.91 Å². The van der Waals surface area contributed by atoms with Crippen LogP contribution in [0.3, 0.4) is 0 Å². The molecule has 0 aromatic rings. The molecule has 0 bridgehead atoms. The molecule has 5 nitrogen and oxygen atoms in total. The average Bonchev–Trinajstić information content (AvgIpc) is 2.64. The summed E-state index contributed by atoms with van der Waals surface area (Å²) in [5, 5.41) is 2.90. The van der Waals surface area contributed by atoms with Crippen molar-refractivity contribution in [2.45, 2.75) is 38.1 Å². The molecule has 0 aliphatic carbocycles. The Morgan fingerprint density at radius 1 is 1.33 bits per heavy atom. The van der Waals surface area contributed by atoms with E-state index in [1.54, 1.807) is 7.11 Å². The summed E-state index contributed by atoms with van der Waals surface area (Å²) >= 11 is 0. The molecule has 106 valence electrons. The van der Waals surface area contributed by atoms with Crippen LogP contribution in [0.25, 0.3) is 0 Å². The lowest BCUT2D eigenvalue weighted by molar-refractivity contribution is -0.122. The van der Waals surface area contributed by atoms with Crippen molar-refractivity contribution < 1.29 is 9.53 Å². The second-order valence-corrected chi connectivity index (χ2v) is 4.93. The number of ether oxygens (including phenoxy) is 1. The van der Waals surface area contributed by atoms with E-state index in [0.717, 1.165) is 19.6 Å². The van der Waals surface area contributed by atoms with Crippen molar-refractivity contribution in [1.82, 2.24) is 10.2 Å². The third kappa shape index (κ3) is 6.33. The highest BCUT2D eigenvalue weighted by Gasteiger charge is 2.13. The minimum atomic E-state index is -0.450. The first-order valence-electron chi connectivity index (χ1n) is 6.98. The van der Waals surface area contributed by atoms with E-state index < -0.39 is 6.04 Å². The van der Waals surface area contributed by atoms with Crippen molar-refractivity contribution in [3.63, 3.8) is 0 Å². The predicted octanol–water partition coefficient (Wildman–Crippen LogP) is 0.342. The molecule has 1 fully saturated rings. The number of carbonyl (C=O) groups is 1. The second-order valence-electron chi connectivity index (χ2n) is 4.93. The molecule has 1 aliphatic rings. The summed E-state index contributed by atoms with van der Waals surface area (Å²) in [6.45, 7) is 4.47. The Hall–Kier alpha value is -0.650. The Morgan fingerprint density at radius 2 is 2.00 bits per heavy atom. The van der Waals surface area contributed by atoms with Crippen molar-refractivity contribution in [3.05, 3.63) is 0 Å². The summed E-state index contributed by atoms with van der Waals surface area (Å²) in [7, 11) is 1.62. The van der Waals surface area contributed by atoms with Crippen LogP contribution in [0, 0.1) is 0 Å². The number of nitrogens with two attached hydrogens (primary N) is 1. The second kappa shape index (κ2) is 9.30. The third-order valence-electron chi connectivity index (χ3n) is 3.40. The molecular formula is C13H27N3O2. The third-order valence-corrected chi connectivity index (χ3v) is 3.40. The Kier molecular flexibility index (Phi) is 7.96. The number of rotatable bonds is 7. The summed E-state index contributed by atoms with van der Waals surface area (Å²) in [4.78, 5) is 14.1. The lowest BCUT2D eigenvalue weighted by Gasteiger charge is -2.20. The van der Waals surface area contributed by atoms with Crippen molar-refractivity contribution in [2.75, 3.05) is 39.9 Å². The first-order chi connectivity index (χ1) is 8.74. The number of nitrogens with zero attached hydrogens (tertiary/aromatic N) is 1. The fourth-order valence-corrected chi connectivity index (χ4v) is 2.20. The summed E-state index contributed by atoms with van der Waals surface area (Å²) in [6.07, 6.45) is 5.81. The number of likely N-dealkylation sites (tertiary alicyclic amines) is 1. The average molecular weight is 257 g/mol. The molecule has 18 heavy (non-hydrogen) atoms. The van der Waals surface area contributed by atoms with E-state index in [0.29, 0.717) is 19.6 Å². The van der Waals surface area contributed by atoms with Crippen LogP contribution in [-0.2, 0) is 9.53 Å². The number of hydrogen-bond donors (Lipinski definition) is 2. The van der Waals surface area contributed by atoms with E-state index in [1.807, 2.05) is 0 Å². The number of hydrogen-bond acceptors (Lipinski definition) is 4. The van der Waals surface area contributed by atoms with Gasteiger partial charge < -0.3 is 20.7 Å². The molecule has 1 atom stereocenters. The first kappa shape index (κ1) is 15.4. The van der Waals surface area contributed by atoms with Crippen molar-refractivity contribution in [3.8, 4) is 0 Å². The van der Waals surface area contributed by atoms with Gasteiger partial charge in [0.25, 0.3) is 0 Å². The summed E-state index contributed by atoms with van der Waals surface area (Å²) in [6, 6.07) is -0.450. The molecule has 1 saturated heterocycles. The molecule has 5 heteroatoms. The standard InChI is InChI=1S/C13H27N3O2/c1-18-11-6-12(14)13(17)15-7-10-16-8-4-2-3-5-9-16/h12H,2-11,14H2,1H3,(H,15,17). The van der Waals surface area contributed by atoms with Crippen LogP contribution in [-0.4, -0.2) is 56.7 Å². The molecule has 0 spiro atoms. The zero-order valence-corrected chi connectivity index (χ0v) is 11.5. The highest BCUT2D eigenvalue weighted by Crippen LogP contribution is 2.08. The molecule has 0 aromatic carbocycles. The van der Waals surface area contributed by atoms with Crippen LogP contribution < -0.4 is 11.1 Å². The summed E-state index contributed by atoms with van der Waals surface area (Å²) in [5.74, 6) is -0.0677. The maximum atomic E-state index is 11.6. The van der Waals surface area contributed by atoms with Crippen LogP contribution in [0.4, 0.5) is 0 Å². The predicted molar refractivity (Wildman–Crippen MR) is 72.4 cm³/mol. The fourth-order valence-electron chi connectivity index (χ4n) is 2.20. The monoisotopic (exact) mass is 257 g/mol.